The quantitative estimate of drug-likeness (QED) is 0.118. The highest BCUT2D eigenvalue weighted by Gasteiger charge is 2.28. The number of aliphatic carboxylic acids is 1. The van der Waals surface area contributed by atoms with E-state index in [1.807, 2.05) is 99.3 Å². The van der Waals surface area contributed by atoms with Crippen molar-refractivity contribution in [1.82, 2.24) is 14.9 Å². The van der Waals surface area contributed by atoms with Crippen LogP contribution in [0.3, 0.4) is 0 Å². The number of carboxylic acid groups (broad SMARTS) is 1. The summed E-state index contributed by atoms with van der Waals surface area (Å²) in [4.78, 5) is 52.3. The van der Waals surface area contributed by atoms with Gasteiger partial charge in [-0.15, -0.1) is 0 Å². The number of carbonyl (C=O) groups excluding carboxylic acids is 2. The Morgan fingerprint density at radius 2 is 1.74 bits per heavy atom. The van der Waals surface area contributed by atoms with Crippen LogP contribution in [0.2, 0.25) is 0 Å². The first-order valence-electron chi connectivity index (χ1n) is 19.7. The largest absolute Gasteiger partial charge is 0.493 e. The number of para-hydroxylation sites is 1. The Hall–Kier alpha value is -5.33. The number of benzene rings is 3. The zero-order chi connectivity index (χ0) is 40.3. The van der Waals surface area contributed by atoms with E-state index in [1.54, 1.807) is 0 Å². The number of piperidine rings is 1. The molecule has 0 bridgehead atoms. The second kappa shape index (κ2) is 17.0. The zero-order valence-electron chi connectivity index (χ0n) is 33.3. The Kier molecular flexibility index (Phi) is 11.9. The molecular weight excluding hydrogens is 739 g/mol. The highest BCUT2D eigenvalue weighted by molar-refractivity contribution is 7.22. The van der Waals surface area contributed by atoms with Crippen LogP contribution in [0.5, 0.6) is 5.75 Å². The first kappa shape index (κ1) is 39.9. The van der Waals surface area contributed by atoms with E-state index >= 15 is 0 Å². The Balaban J connectivity index is 1.07. The number of hydrogen-bond donors (Lipinski definition) is 2. The third-order valence-corrected chi connectivity index (χ3v) is 11.6. The van der Waals surface area contributed by atoms with Crippen LogP contribution in [-0.2, 0) is 22.5 Å². The lowest BCUT2D eigenvalue weighted by Crippen LogP contribution is -2.37. The molecule has 7 rings (SSSR count). The number of amides is 1. The van der Waals surface area contributed by atoms with Gasteiger partial charge in [0, 0.05) is 24.2 Å². The highest BCUT2D eigenvalue weighted by Crippen LogP contribution is 2.34. The summed E-state index contributed by atoms with van der Waals surface area (Å²) in [5.74, 6) is 0.824. The molecular formula is C45H51N5O6S. The average Bonchev–Trinajstić information content (AvgIpc) is 3.59. The molecule has 1 fully saturated rings. The van der Waals surface area contributed by atoms with Gasteiger partial charge in [-0.25, -0.2) is 14.8 Å². The fourth-order valence-electron chi connectivity index (χ4n) is 7.88. The predicted octanol–water partition coefficient (Wildman–Crippen LogP) is 8.64. The zero-order valence-corrected chi connectivity index (χ0v) is 34.2. The first-order valence-corrected chi connectivity index (χ1v) is 20.6. The number of thiazole rings is 1. The third-order valence-electron chi connectivity index (χ3n) is 10.7. The van der Waals surface area contributed by atoms with Gasteiger partial charge in [-0.3, -0.25) is 19.8 Å². The highest BCUT2D eigenvalue weighted by atomic mass is 32.1. The number of likely N-dealkylation sites (tertiary alicyclic amines) is 1. The van der Waals surface area contributed by atoms with Crippen LogP contribution in [0.4, 0.5) is 10.9 Å². The average molecular weight is 790 g/mol. The van der Waals surface area contributed by atoms with Crippen molar-refractivity contribution in [2.45, 2.75) is 72.4 Å². The molecule has 0 unspecified atom stereocenters. The maximum absolute atomic E-state index is 13.8. The summed E-state index contributed by atoms with van der Waals surface area (Å²) >= 11 is 1.45. The van der Waals surface area contributed by atoms with Crippen molar-refractivity contribution < 1.29 is 29.0 Å². The molecule has 4 heterocycles. The molecule has 0 aliphatic carbocycles. The van der Waals surface area contributed by atoms with Crippen molar-refractivity contribution in [2.75, 3.05) is 43.0 Å². The van der Waals surface area contributed by atoms with Gasteiger partial charge >= 0.3 is 11.9 Å². The van der Waals surface area contributed by atoms with Crippen LogP contribution >= 0.6 is 11.3 Å². The summed E-state index contributed by atoms with van der Waals surface area (Å²) in [6.07, 6.45) is 3.77. The van der Waals surface area contributed by atoms with Crippen LogP contribution < -0.4 is 15.0 Å². The van der Waals surface area contributed by atoms with Crippen LogP contribution in [0.15, 0.2) is 72.8 Å². The van der Waals surface area contributed by atoms with Crippen LogP contribution in [0.25, 0.3) is 21.3 Å². The summed E-state index contributed by atoms with van der Waals surface area (Å²) in [6.45, 7) is 13.2. The van der Waals surface area contributed by atoms with Crippen molar-refractivity contribution >= 4 is 50.3 Å². The summed E-state index contributed by atoms with van der Waals surface area (Å²) in [6, 6.07) is 23.4. The number of aryl methyl sites for hydroxylation is 1. The number of esters is 1. The van der Waals surface area contributed by atoms with E-state index < -0.39 is 17.5 Å². The van der Waals surface area contributed by atoms with Crippen molar-refractivity contribution in [2.24, 2.45) is 11.8 Å². The number of hydrogen-bond acceptors (Lipinski definition) is 10. The van der Waals surface area contributed by atoms with E-state index in [9.17, 15) is 14.4 Å². The Labute approximate surface area is 338 Å². The van der Waals surface area contributed by atoms with Gasteiger partial charge in [-0.05, 0) is 143 Å². The number of ether oxygens (including phenoxy) is 2. The normalized spacial score (nSPS) is 15.6. The molecule has 2 aromatic heterocycles. The second-order valence-corrected chi connectivity index (χ2v) is 17.4. The van der Waals surface area contributed by atoms with Crippen molar-refractivity contribution in [3.05, 3.63) is 101 Å². The Bertz CT molecular complexity index is 2240. The minimum absolute atomic E-state index is 0.114. The van der Waals surface area contributed by atoms with Gasteiger partial charge in [-0.2, -0.15) is 0 Å². The Morgan fingerprint density at radius 3 is 2.47 bits per heavy atom. The van der Waals surface area contributed by atoms with Gasteiger partial charge < -0.3 is 19.5 Å². The van der Waals surface area contributed by atoms with E-state index in [2.05, 4.69) is 28.2 Å². The number of anilines is 2. The van der Waals surface area contributed by atoms with Gasteiger partial charge in [-0.1, -0.05) is 48.6 Å². The molecule has 0 saturated carbocycles. The maximum Gasteiger partial charge on any atom is 0.358 e. The van der Waals surface area contributed by atoms with Gasteiger partial charge in [0.1, 0.15) is 17.2 Å². The number of pyridine rings is 1. The summed E-state index contributed by atoms with van der Waals surface area (Å²) in [5.41, 5.74) is 5.46. The second-order valence-electron chi connectivity index (χ2n) is 16.4. The fourth-order valence-corrected chi connectivity index (χ4v) is 8.74. The third kappa shape index (κ3) is 9.80. The molecule has 5 aromatic rings. The lowest BCUT2D eigenvalue weighted by atomic mass is 9.88. The number of carboxylic acids is 1. The summed E-state index contributed by atoms with van der Waals surface area (Å²) < 4.78 is 13.2. The SMILES string of the molecule is Cc1cc(OC[C@H](C)CC2CCN(CC(=O)O)CC2)ccc1-c1ccc(N2CCc3cccc(C(=O)Nc4nc5ccccc5s4)c3C2)nc1C(=O)OC(C)(C)C. The van der Waals surface area contributed by atoms with E-state index in [1.165, 1.54) is 11.3 Å². The van der Waals surface area contributed by atoms with E-state index in [0.29, 0.717) is 60.0 Å². The molecule has 12 heteroatoms. The number of nitrogens with one attached hydrogen (secondary N) is 1. The van der Waals surface area contributed by atoms with Crippen LogP contribution in [0, 0.1) is 18.8 Å². The molecule has 0 spiro atoms. The van der Waals surface area contributed by atoms with Crippen molar-refractivity contribution in [3.8, 4) is 16.9 Å². The molecule has 3 aromatic carbocycles. The number of carbonyl (C=O) groups is 3. The van der Waals surface area contributed by atoms with Crippen molar-refractivity contribution in [1.29, 1.82) is 0 Å². The number of nitrogens with zero attached hydrogens (tertiary/aromatic N) is 4. The minimum atomic E-state index is -0.769. The predicted molar refractivity (Wildman–Crippen MR) is 224 cm³/mol. The maximum atomic E-state index is 13.8. The lowest BCUT2D eigenvalue weighted by molar-refractivity contribution is -0.138. The monoisotopic (exact) mass is 789 g/mol. The molecule has 298 valence electrons. The first-order chi connectivity index (χ1) is 27.3. The van der Waals surface area contributed by atoms with E-state index in [-0.39, 0.29) is 18.1 Å². The summed E-state index contributed by atoms with van der Waals surface area (Å²) in [5, 5.41) is 12.7. The van der Waals surface area contributed by atoms with Gasteiger partial charge in [0.25, 0.3) is 5.91 Å². The molecule has 2 N–H and O–H groups in total. The molecule has 1 atom stereocenters. The fraction of sp³-hybridized carbons (Fsp3) is 0.400. The molecule has 11 nitrogen and oxygen atoms in total. The molecule has 0 radical (unpaired) electrons. The van der Waals surface area contributed by atoms with E-state index in [4.69, 9.17) is 19.6 Å². The van der Waals surface area contributed by atoms with Gasteiger partial charge in [0.15, 0.2) is 10.8 Å². The summed E-state index contributed by atoms with van der Waals surface area (Å²) in [7, 11) is 0. The Morgan fingerprint density at radius 1 is 0.965 bits per heavy atom. The van der Waals surface area contributed by atoms with Crippen LogP contribution in [-0.4, -0.2) is 76.2 Å². The standard InChI is InChI=1S/C45H51N5O6S/c1-28(23-30-17-20-49(21-18-30)26-40(51)52)27-55-32-13-14-33(29(2)24-32)34-15-16-39(47-41(34)43(54)56-45(3,4)5)50-22-19-31-9-8-10-35(36(31)25-50)42(53)48-44-46-37-11-6-7-12-38(37)57-44/h6-16,24,28,30H,17-23,25-27H2,1-5H3,(H,51,52)(H,46,48,53)/t28-/m1/s1. The molecule has 57 heavy (non-hydrogen) atoms. The molecule has 2 aliphatic rings. The van der Waals surface area contributed by atoms with Gasteiger partial charge in [0.2, 0.25) is 0 Å². The van der Waals surface area contributed by atoms with E-state index in [0.717, 1.165) is 70.6 Å². The molecule has 1 amide bonds. The molecule has 2 aliphatic heterocycles. The minimum Gasteiger partial charge on any atom is -0.493 e. The topological polar surface area (TPSA) is 134 Å². The van der Waals surface area contributed by atoms with Crippen LogP contribution in [0.1, 0.15) is 84.5 Å². The smallest absolute Gasteiger partial charge is 0.358 e. The molecule has 1 saturated heterocycles. The number of fused-ring (bicyclic) bond motifs is 2. The lowest BCUT2D eigenvalue weighted by Gasteiger charge is -2.32. The van der Waals surface area contributed by atoms with Crippen molar-refractivity contribution in [3.63, 3.8) is 0 Å². The van der Waals surface area contributed by atoms with Gasteiger partial charge in [0.05, 0.1) is 23.4 Å². The number of rotatable bonds is 12. The number of aromatic nitrogens is 2.